The molecule has 102 valence electrons. The predicted octanol–water partition coefficient (Wildman–Crippen LogP) is 3.05. The second-order valence-corrected chi connectivity index (χ2v) is 5.19. The van der Waals surface area contributed by atoms with Gasteiger partial charge >= 0.3 is 0 Å². The molecule has 1 unspecified atom stereocenters. The summed E-state index contributed by atoms with van der Waals surface area (Å²) in [6.45, 7) is 1.84. The molecule has 2 rings (SSSR count). The van der Waals surface area contributed by atoms with E-state index in [-0.39, 0.29) is 12.0 Å². The highest BCUT2D eigenvalue weighted by molar-refractivity contribution is 9.10. The molecule has 1 atom stereocenters. The molecule has 0 saturated carbocycles. The third-order valence-electron chi connectivity index (χ3n) is 2.92. The van der Waals surface area contributed by atoms with Crippen LogP contribution in [0, 0.1) is 18.6 Å². The van der Waals surface area contributed by atoms with E-state index in [1.54, 1.807) is 11.7 Å². The van der Waals surface area contributed by atoms with Crippen molar-refractivity contribution in [1.29, 1.82) is 0 Å². The van der Waals surface area contributed by atoms with Crippen LogP contribution in [0.4, 0.5) is 8.78 Å². The first kappa shape index (κ1) is 14.1. The Morgan fingerprint density at radius 3 is 2.37 bits per heavy atom. The smallest absolute Gasteiger partial charge is 0.126 e. The SMILES string of the molecule is Cc1nn(C)c(CC(O)c2cc(F)cc(F)c2)c1Br. The lowest BCUT2D eigenvalue weighted by molar-refractivity contribution is 0.174. The first-order valence-corrected chi connectivity index (χ1v) is 6.50. The number of aryl methyl sites for hydroxylation is 2. The minimum absolute atomic E-state index is 0.211. The van der Waals surface area contributed by atoms with Crippen molar-refractivity contribution in [3.8, 4) is 0 Å². The van der Waals surface area contributed by atoms with Gasteiger partial charge in [0.25, 0.3) is 0 Å². The number of hydrogen-bond acceptors (Lipinski definition) is 2. The summed E-state index contributed by atoms with van der Waals surface area (Å²) in [5.74, 6) is -1.40. The zero-order chi connectivity index (χ0) is 14.2. The maximum atomic E-state index is 13.1. The van der Waals surface area contributed by atoms with Crippen molar-refractivity contribution in [3.05, 3.63) is 51.3 Å². The first-order chi connectivity index (χ1) is 8.88. The molecule has 1 N–H and O–H groups in total. The number of rotatable bonds is 3. The molecule has 0 bridgehead atoms. The highest BCUT2D eigenvalue weighted by atomic mass is 79.9. The molecular weight excluding hydrogens is 318 g/mol. The van der Waals surface area contributed by atoms with Crippen molar-refractivity contribution >= 4 is 15.9 Å². The number of aliphatic hydroxyl groups excluding tert-OH is 1. The number of hydrogen-bond donors (Lipinski definition) is 1. The van der Waals surface area contributed by atoms with E-state index in [2.05, 4.69) is 21.0 Å². The summed E-state index contributed by atoms with van der Waals surface area (Å²) in [6.07, 6.45) is -0.767. The maximum absolute atomic E-state index is 13.1. The van der Waals surface area contributed by atoms with Crippen LogP contribution in [-0.2, 0) is 13.5 Å². The Morgan fingerprint density at radius 2 is 1.89 bits per heavy atom. The van der Waals surface area contributed by atoms with Gasteiger partial charge in [-0.05, 0) is 40.5 Å². The van der Waals surface area contributed by atoms with Gasteiger partial charge in [-0.2, -0.15) is 5.10 Å². The molecule has 0 aliphatic heterocycles. The fourth-order valence-corrected chi connectivity index (χ4v) is 2.47. The molecule has 0 aliphatic rings. The topological polar surface area (TPSA) is 38.0 Å². The largest absolute Gasteiger partial charge is 0.388 e. The lowest BCUT2D eigenvalue weighted by atomic mass is 10.0. The van der Waals surface area contributed by atoms with Crippen LogP contribution in [0.25, 0.3) is 0 Å². The van der Waals surface area contributed by atoms with Crippen LogP contribution in [0.2, 0.25) is 0 Å². The third-order valence-corrected chi connectivity index (χ3v) is 3.95. The Hall–Kier alpha value is -1.27. The molecule has 1 aromatic carbocycles. The van der Waals surface area contributed by atoms with Gasteiger partial charge in [0.1, 0.15) is 11.6 Å². The van der Waals surface area contributed by atoms with E-state index in [9.17, 15) is 13.9 Å². The summed E-state index contributed by atoms with van der Waals surface area (Å²) in [7, 11) is 1.76. The normalized spacial score (nSPS) is 12.7. The number of benzene rings is 1. The number of halogens is 3. The van der Waals surface area contributed by atoms with Gasteiger partial charge in [0.15, 0.2) is 0 Å². The monoisotopic (exact) mass is 330 g/mol. The van der Waals surface area contributed by atoms with Crippen molar-refractivity contribution in [2.45, 2.75) is 19.4 Å². The van der Waals surface area contributed by atoms with Crippen LogP contribution in [-0.4, -0.2) is 14.9 Å². The van der Waals surface area contributed by atoms with Gasteiger partial charge in [0.2, 0.25) is 0 Å². The Kier molecular flexibility index (Phi) is 4.01. The van der Waals surface area contributed by atoms with Gasteiger partial charge in [0.05, 0.1) is 22.0 Å². The van der Waals surface area contributed by atoms with Crippen molar-refractivity contribution in [2.24, 2.45) is 7.05 Å². The van der Waals surface area contributed by atoms with Crippen LogP contribution in [0.1, 0.15) is 23.1 Å². The lowest BCUT2D eigenvalue weighted by Crippen LogP contribution is -2.07. The maximum Gasteiger partial charge on any atom is 0.126 e. The molecule has 1 heterocycles. The van der Waals surface area contributed by atoms with Crippen LogP contribution in [0.3, 0.4) is 0 Å². The second-order valence-electron chi connectivity index (χ2n) is 4.39. The summed E-state index contributed by atoms with van der Waals surface area (Å²) in [6, 6.07) is 3.04. The fourth-order valence-electron chi connectivity index (χ4n) is 1.97. The molecular formula is C13H13BrF2N2O. The van der Waals surface area contributed by atoms with Gasteiger partial charge < -0.3 is 5.11 Å². The van der Waals surface area contributed by atoms with Gasteiger partial charge in [0, 0.05) is 19.5 Å². The van der Waals surface area contributed by atoms with Gasteiger partial charge in [-0.15, -0.1) is 0 Å². The molecule has 0 saturated heterocycles. The van der Waals surface area contributed by atoms with E-state index >= 15 is 0 Å². The fraction of sp³-hybridized carbons (Fsp3) is 0.308. The molecule has 1 aromatic heterocycles. The highest BCUT2D eigenvalue weighted by Crippen LogP contribution is 2.26. The van der Waals surface area contributed by atoms with Crippen LogP contribution >= 0.6 is 15.9 Å². The summed E-state index contributed by atoms with van der Waals surface area (Å²) < 4.78 is 28.7. The minimum Gasteiger partial charge on any atom is -0.388 e. The Bertz CT molecular complexity index is 593. The quantitative estimate of drug-likeness (QED) is 0.939. The zero-order valence-electron chi connectivity index (χ0n) is 10.5. The van der Waals surface area contributed by atoms with Crippen molar-refractivity contribution in [2.75, 3.05) is 0 Å². The molecule has 0 amide bonds. The molecule has 0 fully saturated rings. The lowest BCUT2D eigenvalue weighted by Gasteiger charge is -2.12. The van der Waals surface area contributed by atoms with E-state index in [0.717, 1.165) is 34.1 Å². The second kappa shape index (κ2) is 5.38. The Morgan fingerprint density at radius 1 is 1.32 bits per heavy atom. The Labute approximate surface area is 118 Å². The standard InChI is InChI=1S/C13H13BrF2N2O/c1-7-13(14)11(18(2)17-7)6-12(19)8-3-9(15)5-10(16)4-8/h3-5,12,19H,6H2,1-2H3. The van der Waals surface area contributed by atoms with Crippen LogP contribution < -0.4 is 0 Å². The molecule has 6 heteroatoms. The van der Waals surface area contributed by atoms with Crippen molar-refractivity contribution in [1.82, 2.24) is 9.78 Å². The molecule has 0 spiro atoms. The summed E-state index contributed by atoms with van der Waals surface area (Å²) in [4.78, 5) is 0. The van der Waals surface area contributed by atoms with Gasteiger partial charge in [-0.1, -0.05) is 0 Å². The number of aromatic nitrogens is 2. The van der Waals surface area contributed by atoms with E-state index in [4.69, 9.17) is 0 Å². The zero-order valence-corrected chi connectivity index (χ0v) is 12.1. The highest BCUT2D eigenvalue weighted by Gasteiger charge is 2.17. The summed E-state index contributed by atoms with van der Waals surface area (Å²) >= 11 is 3.39. The molecule has 0 aliphatic carbocycles. The average Bonchev–Trinajstić information content (AvgIpc) is 2.54. The van der Waals surface area contributed by atoms with E-state index in [1.165, 1.54) is 0 Å². The van der Waals surface area contributed by atoms with E-state index < -0.39 is 17.7 Å². The first-order valence-electron chi connectivity index (χ1n) is 5.70. The van der Waals surface area contributed by atoms with E-state index in [0.29, 0.717) is 0 Å². The van der Waals surface area contributed by atoms with Crippen LogP contribution in [0.5, 0.6) is 0 Å². The van der Waals surface area contributed by atoms with Gasteiger partial charge in [-0.25, -0.2) is 8.78 Å². The summed E-state index contributed by atoms with van der Waals surface area (Å²) in [5.41, 5.74) is 1.79. The van der Waals surface area contributed by atoms with E-state index in [1.807, 2.05) is 6.92 Å². The molecule has 2 aromatic rings. The van der Waals surface area contributed by atoms with Crippen molar-refractivity contribution < 1.29 is 13.9 Å². The molecule has 3 nitrogen and oxygen atoms in total. The van der Waals surface area contributed by atoms with Crippen molar-refractivity contribution in [3.63, 3.8) is 0 Å². The average molecular weight is 331 g/mol. The summed E-state index contributed by atoms with van der Waals surface area (Å²) in [5, 5.41) is 14.3. The van der Waals surface area contributed by atoms with Crippen LogP contribution in [0.15, 0.2) is 22.7 Å². The number of aliphatic hydroxyl groups is 1. The minimum atomic E-state index is -0.990. The number of nitrogens with zero attached hydrogens (tertiary/aromatic N) is 2. The molecule has 19 heavy (non-hydrogen) atoms. The van der Waals surface area contributed by atoms with Gasteiger partial charge in [-0.3, -0.25) is 4.68 Å². The third kappa shape index (κ3) is 3.01. The predicted molar refractivity (Wildman–Crippen MR) is 70.7 cm³/mol. The molecule has 0 radical (unpaired) electrons. The Balaban J connectivity index is 2.27.